The summed E-state index contributed by atoms with van der Waals surface area (Å²) in [6.07, 6.45) is 0. The van der Waals surface area contributed by atoms with Crippen molar-refractivity contribution in [3.8, 4) is 11.4 Å². The molecule has 3 aromatic rings. The Hall–Kier alpha value is -2.17. The van der Waals surface area contributed by atoms with Gasteiger partial charge in [0.05, 0.1) is 0 Å². The first-order chi connectivity index (χ1) is 9.74. The zero-order valence-electron chi connectivity index (χ0n) is 10.5. The summed E-state index contributed by atoms with van der Waals surface area (Å²) in [5, 5.41) is 4.58. The Morgan fingerprint density at radius 3 is 2.60 bits per heavy atom. The highest BCUT2D eigenvalue weighted by atomic mass is 35.5. The van der Waals surface area contributed by atoms with Crippen molar-refractivity contribution in [1.29, 1.82) is 0 Å². The quantitative estimate of drug-likeness (QED) is 0.800. The zero-order valence-corrected chi connectivity index (χ0v) is 11.3. The van der Waals surface area contributed by atoms with Crippen molar-refractivity contribution >= 4 is 11.6 Å². The summed E-state index contributed by atoms with van der Waals surface area (Å²) in [5.74, 6) is 0.861. The Bertz CT molecular complexity index is 712. The van der Waals surface area contributed by atoms with E-state index in [0.29, 0.717) is 16.7 Å². The first-order valence-electron chi connectivity index (χ1n) is 6.14. The summed E-state index contributed by atoms with van der Waals surface area (Å²) in [7, 11) is 0. The van der Waals surface area contributed by atoms with Crippen molar-refractivity contribution in [1.82, 2.24) is 10.1 Å². The Kier molecular flexibility index (Phi) is 3.50. The third-order valence-electron chi connectivity index (χ3n) is 2.95. The van der Waals surface area contributed by atoms with Gasteiger partial charge in [0.15, 0.2) is 0 Å². The molecule has 0 saturated carbocycles. The smallest absolute Gasteiger partial charge is 0.248 e. The summed E-state index contributed by atoms with van der Waals surface area (Å²) in [4.78, 5) is 4.34. The van der Waals surface area contributed by atoms with E-state index in [1.807, 2.05) is 42.5 Å². The molecule has 1 aromatic heterocycles. The standard InChI is InChI=1S/C15H12ClN3O/c16-12-8-4-7-11(9-12)14-18-15(20-19-14)13(17)10-5-2-1-3-6-10/h1-9,13H,17H2/t13-/m1/s1. The van der Waals surface area contributed by atoms with E-state index in [9.17, 15) is 0 Å². The molecule has 0 spiro atoms. The molecule has 3 rings (SSSR count). The Morgan fingerprint density at radius 1 is 1.05 bits per heavy atom. The molecule has 100 valence electrons. The average molecular weight is 286 g/mol. The van der Waals surface area contributed by atoms with Crippen LogP contribution in [0.1, 0.15) is 17.5 Å². The topological polar surface area (TPSA) is 64.9 Å². The molecule has 2 aromatic carbocycles. The largest absolute Gasteiger partial charge is 0.337 e. The molecule has 2 N–H and O–H groups in total. The lowest BCUT2D eigenvalue weighted by Crippen LogP contribution is -2.11. The number of benzene rings is 2. The van der Waals surface area contributed by atoms with Crippen LogP contribution in [0.15, 0.2) is 59.1 Å². The van der Waals surface area contributed by atoms with Crippen molar-refractivity contribution in [3.05, 3.63) is 71.1 Å². The maximum absolute atomic E-state index is 6.12. The molecule has 0 radical (unpaired) electrons. The predicted molar refractivity (Wildman–Crippen MR) is 77.2 cm³/mol. The molecule has 0 aliphatic heterocycles. The van der Waals surface area contributed by atoms with Crippen LogP contribution < -0.4 is 5.73 Å². The van der Waals surface area contributed by atoms with Gasteiger partial charge < -0.3 is 10.3 Å². The number of aromatic nitrogens is 2. The number of halogens is 1. The maximum atomic E-state index is 6.12. The lowest BCUT2D eigenvalue weighted by molar-refractivity contribution is 0.367. The second-order valence-corrected chi connectivity index (χ2v) is 4.79. The molecule has 1 heterocycles. The van der Waals surface area contributed by atoms with Crippen molar-refractivity contribution in [2.75, 3.05) is 0 Å². The van der Waals surface area contributed by atoms with Gasteiger partial charge in [-0.2, -0.15) is 4.98 Å². The van der Waals surface area contributed by atoms with Crippen molar-refractivity contribution in [3.63, 3.8) is 0 Å². The third-order valence-corrected chi connectivity index (χ3v) is 3.18. The highest BCUT2D eigenvalue weighted by Gasteiger charge is 2.17. The molecule has 0 fully saturated rings. The summed E-state index contributed by atoms with van der Waals surface area (Å²) >= 11 is 5.95. The number of nitrogens with zero attached hydrogens (tertiary/aromatic N) is 2. The van der Waals surface area contributed by atoms with Gasteiger partial charge in [0.25, 0.3) is 0 Å². The van der Waals surface area contributed by atoms with E-state index in [1.54, 1.807) is 12.1 Å². The summed E-state index contributed by atoms with van der Waals surface area (Å²) in [6.45, 7) is 0. The molecule has 0 bridgehead atoms. The molecular weight excluding hydrogens is 274 g/mol. The van der Waals surface area contributed by atoms with Crippen LogP contribution in [-0.4, -0.2) is 10.1 Å². The van der Waals surface area contributed by atoms with E-state index in [4.69, 9.17) is 21.9 Å². The molecule has 0 aliphatic rings. The van der Waals surface area contributed by atoms with Crippen molar-refractivity contribution < 1.29 is 4.52 Å². The number of hydrogen-bond donors (Lipinski definition) is 1. The molecule has 20 heavy (non-hydrogen) atoms. The Morgan fingerprint density at radius 2 is 1.85 bits per heavy atom. The van der Waals surface area contributed by atoms with E-state index in [2.05, 4.69) is 10.1 Å². The van der Waals surface area contributed by atoms with E-state index in [0.717, 1.165) is 11.1 Å². The summed E-state index contributed by atoms with van der Waals surface area (Å²) in [6, 6.07) is 16.5. The van der Waals surface area contributed by atoms with Crippen LogP contribution in [0.5, 0.6) is 0 Å². The van der Waals surface area contributed by atoms with Gasteiger partial charge in [-0.25, -0.2) is 0 Å². The number of hydrogen-bond acceptors (Lipinski definition) is 4. The lowest BCUT2D eigenvalue weighted by Gasteiger charge is -2.05. The Balaban J connectivity index is 1.91. The third kappa shape index (κ3) is 2.57. The van der Waals surface area contributed by atoms with E-state index >= 15 is 0 Å². The van der Waals surface area contributed by atoms with Crippen LogP contribution in [0.4, 0.5) is 0 Å². The maximum Gasteiger partial charge on any atom is 0.248 e. The highest BCUT2D eigenvalue weighted by molar-refractivity contribution is 6.30. The molecule has 1 atom stereocenters. The minimum atomic E-state index is -0.434. The van der Waals surface area contributed by atoms with Crippen LogP contribution in [0.3, 0.4) is 0 Å². The molecule has 5 heteroatoms. The number of rotatable bonds is 3. The van der Waals surface area contributed by atoms with Crippen molar-refractivity contribution in [2.24, 2.45) is 5.73 Å². The molecule has 4 nitrogen and oxygen atoms in total. The van der Waals surface area contributed by atoms with E-state index in [1.165, 1.54) is 0 Å². The van der Waals surface area contributed by atoms with Gasteiger partial charge >= 0.3 is 0 Å². The first-order valence-corrected chi connectivity index (χ1v) is 6.52. The van der Waals surface area contributed by atoms with Crippen LogP contribution in [0.2, 0.25) is 5.02 Å². The van der Waals surface area contributed by atoms with E-state index in [-0.39, 0.29) is 0 Å². The fourth-order valence-corrected chi connectivity index (χ4v) is 2.10. The SMILES string of the molecule is N[C@H](c1ccccc1)c1nc(-c2cccc(Cl)c2)no1. The minimum absolute atomic E-state index is 0.381. The molecule has 0 aliphatic carbocycles. The predicted octanol–water partition coefficient (Wildman–Crippen LogP) is 3.44. The molecule has 0 amide bonds. The fraction of sp³-hybridized carbons (Fsp3) is 0.0667. The minimum Gasteiger partial charge on any atom is -0.337 e. The van der Waals surface area contributed by atoms with Gasteiger partial charge in [0.2, 0.25) is 11.7 Å². The van der Waals surface area contributed by atoms with Crippen LogP contribution in [-0.2, 0) is 0 Å². The monoisotopic (exact) mass is 285 g/mol. The van der Waals surface area contributed by atoms with Crippen LogP contribution >= 0.6 is 11.6 Å². The molecular formula is C15H12ClN3O. The molecule has 0 saturated heterocycles. The Labute approximate surface area is 121 Å². The highest BCUT2D eigenvalue weighted by Crippen LogP contribution is 2.23. The van der Waals surface area contributed by atoms with Crippen LogP contribution in [0.25, 0.3) is 11.4 Å². The fourth-order valence-electron chi connectivity index (χ4n) is 1.91. The summed E-state index contributed by atoms with van der Waals surface area (Å²) in [5.41, 5.74) is 7.84. The number of nitrogens with two attached hydrogens (primary N) is 1. The van der Waals surface area contributed by atoms with Crippen LogP contribution in [0, 0.1) is 0 Å². The lowest BCUT2D eigenvalue weighted by atomic mass is 10.1. The second kappa shape index (κ2) is 5.45. The van der Waals surface area contributed by atoms with Gasteiger partial charge in [-0.1, -0.05) is 59.2 Å². The van der Waals surface area contributed by atoms with Gasteiger partial charge in [0.1, 0.15) is 6.04 Å². The second-order valence-electron chi connectivity index (χ2n) is 4.35. The van der Waals surface area contributed by atoms with Gasteiger partial charge in [-0.05, 0) is 17.7 Å². The van der Waals surface area contributed by atoms with Gasteiger partial charge in [-0.15, -0.1) is 0 Å². The first kappa shape index (κ1) is 12.8. The van der Waals surface area contributed by atoms with Gasteiger partial charge in [0, 0.05) is 10.6 Å². The van der Waals surface area contributed by atoms with Gasteiger partial charge in [-0.3, -0.25) is 0 Å². The normalized spacial score (nSPS) is 12.3. The van der Waals surface area contributed by atoms with E-state index < -0.39 is 6.04 Å². The van der Waals surface area contributed by atoms with Crippen molar-refractivity contribution in [2.45, 2.75) is 6.04 Å². The average Bonchev–Trinajstić information content (AvgIpc) is 2.97. The summed E-state index contributed by atoms with van der Waals surface area (Å²) < 4.78 is 5.25. The zero-order chi connectivity index (χ0) is 13.9. The molecule has 0 unspecified atom stereocenters.